The van der Waals surface area contributed by atoms with Crippen LogP contribution in [0, 0.1) is 0 Å². The molecule has 0 aliphatic carbocycles. The fourth-order valence-electron chi connectivity index (χ4n) is 4.72. The molecule has 1 fully saturated rings. The second kappa shape index (κ2) is 7.70. The largest absolute Gasteiger partial charge is 0.394 e. The number of fused-ring (bicyclic) bond motifs is 2. The maximum Gasteiger partial charge on any atom is 0.278 e. The number of pyridine rings is 1. The second-order valence-electron chi connectivity index (χ2n) is 8.19. The normalized spacial score (nSPS) is 17.0. The van der Waals surface area contributed by atoms with E-state index < -0.39 is 0 Å². The Morgan fingerprint density at radius 3 is 2.84 bits per heavy atom. The first-order valence-electron chi connectivity index (χ1n) is 10.8. The van der Waals surface area contributed by atoms with Crippen molar-refractivity contribution in [2.75, 3.05) is 23.7 Å². The Balaban J connectivity index is 1.63. The van der Waals surface area contributed by atoms with Crippen molar-refractivity contribution in [1.29, 1.82) is 0 Å². The number of hydrogen-bond acceptors (Lipinski definition) is 6. The van der Waals surface area contributed by atoms with E-state index in [0.29, 0.717) is 29.8 Å². The summed E-state index contributed by atoms with van der Waals surface area (Å²) in [4.78, 5) is 24.8. The van der Waals surface area contributed by atoms with Crippen LogP contribution in [0.1, 0.15) is 25.3 Å². The summed E-state index contributed by atoms with van der Waals surface area (Å²) in [6, 6.07) is 10.0. The van der Waals surface area contributed by atoms with Gasteiger partial charge in [-0.1, -0.05) is 18.2 Å². The van der Waals surface area contributed by atoms with Crippen LogP contribution in [0.2, 0.25) is 0 Å². The zero-order chi connectivity index (χ0) is 21.5. The lowest BCUT2D eigenvalue weighted by Crippen LogP contribution is -2.43. The van der Waals surface area contributed by atoms with Crippen LogP contribution in [-0.2, 0) is 13.1 Å². The molecule has 4 N–H and O–H groups in total. The number of benzene rings is 1. The molecule has 4 aromatic rings. The Kier molecular flexibility index (Phi) is 4.86. The third-order valence-corrected chi connectivity index (χ3v) is 6.19. The van der Waals surface area contributed by atoms with Crippen LogP contribution in [0.3, 0.4) is 0 Å². The highest BCUT2D eigenvalue weighted by Crippen LogP contribution is 2.34. The molecule has 3 aromatic heterocycles. The summed E-state index contributed by atoms with van der Waals surface area (Å²) < 4.78 is 3.65. The molecule has 1 saturated heterocycles. The maximum atomic E-state index is 13.5. The lowest BCUT2D eigenvalue weighted by atomic mass is 10.1. The number of aryl methyl sites for hydroxylation is 1. The highest BCUT2D eigenvalue weighted by molar-refractivity contribution is 5.96. The third kappa shape index (κ3) is 3.23. The van der Waals surface area contributed by atoms with Crippen LogP contribution in [0.25, 0.3) is 21.9 Å². The summed E-state index contributed by atoms with van der Waals surface area (Å²) >= 11 is 0. The van der Waals surface area contributed by atoms with E-state index >= 15 is 0 Å². The van der Waals surface area contributed by atoms with Crippen molar-refractivity contribution in [2.45, 2.75) is 38.9 Å². The van der Waals surface area contributed by atoms with Gasteiger partial charge in [0.05, 0.1) is 18.4 Å². The van der Waals surface area contributed by atoms with E-state index in [4.69, 9.17) is 11.5 Å². The third-order valence-electron chi connectivity index (χ3n) is 6.19. The number of rotatable bonds is 4. The maximum absolute atomic E-state index is 13.5. The van der Waals surface area contributed by atoms with Gasteiger partial charge in [-0.2, -0.15) is 0 Å². The summed E-state index contributed by atoms with van der Waals surface area (Å²) in [5.41, 5.74) is 16.2. The van der Waals surface area contributed by atoms with Crippen molar-refractivity contribution in [3.63, 3.8) is 0 Å². The average molecular weight is 418 g/mol. The van der Waals surface area contributed by atoms with E-state index in [0.717, 1.165) is 48.2 Å². The number of aromatic nitrogens is 4. The van der Waals surface area contributed by atoms with E-state index in [-0.39, 0.29) is 11.6 Å². The number of anilines is 2. The van der Waals surface area contributed by atoms with Gasteiger partial charge in [0.25, 0.3) is 5.56 Å². The minimum atomic E-state index is -0.0907. The standard InChI is InChI=1S/C23H27N7O/c1-2-30-21-20(19(25)22(30)28-11-5-6-16(24)13-28)27-14-29(23(21)31)12-15-9-10-26-18-8-4-3-7-17(15)18/h3-4,7-10,14,16H,2,5-6,11-13,24-25H2,1H3/t16-/m0/s1. The van der Waals surface area contributed by atoms with Crippen molar-refractivity contribution in [2.24, 2.45) is 5.73 Å². The van der Waals surface area contributed by atoms with Gasteiger partial charge in [-0.15, -0.1) is 0 Å². The highest BCUT2D eigenvalue weighted by Gasteiger charge is 2.26. The molecule has 0 saturated carbocycles. The van der Waals surface area contributed by atoms with Crippen LogP contribution in [-0.4, -0.2) is 38.2 Å². The number of para-hydroxylation sites is 1. The molecule has 0 spiro atoms. The zero-order valence-electron chi connectivity index (χ0n) is 17.7. The summed E-state index contributed by atoms with van der Waals surface area (Å²) in [6.45, 7) is 4.69. The van der Waals surface area contributed by atoms with E-state index in [2.05, 4.69) is 14.9 Å². The minimum absolute atomic E-state index is 0.0907. The van der Waals surface area contributed by atoms with Gasteiger partial charge >= 0.3 is 0 Å². The Hall–Kier alpha value is -3.39. The number of nitrogens with two attached hydrogens (primary N) is 2. The van der Waals surface area contributed by atoms with Gasteiger partial charge in [0, 0.05) is 37.3 Å². The van der Waals surface area contributed by atoms with Crippen molar-refractivity contribution in [1.82, 2.24) is 19.1 Å². The molecule has 0 amide bonds. The molecule has 0 unspecified atom stereocenters. The zero-order valence-corrected chi connectivity index (χ0v) is 17.7. The van der Waals surface area contributed by atoms with Crippen molar-refractivity contribution < 1.29 is 0 Å². The molecule has 5 rings (SSSR count). The molecule has 31 heavy (non-hydrogen) atoms. The van der Waals surface area contributed by atoms with Crippen LogP contribution >= 0.6 is 0 Å². The first-order valence-corrected chi connectivity index (χ1v) is 10.8. The molecule has 1 aliphatic rings. The SMILES string of the molecule is CCn1c(N2CCC[C@H](N)C2)c(N)c2ncn(Cc3ccnc4ccccc34)c(=O)c21. The Morgan fingerprint density at radius 2 is 2.03 bits per heavy atom. The number of hydrogen-bond donors (Lipinski definition) is 2. The van der Waals surface area contributed by atoms with Crippen LogP contribution in [0.15, 0.2) is 47.7 Å². The highest BCUT2D eigenvalue weighted by atomic mass is 16.1. The second-order valence-corrected chi connectivity index (χ2v) is 8.19. The van der Waals surface area contributed by atoms with Crippen molar-refractivity contribution in [3.05, 3.63) is 58.8 Å². The number of piperidine rings is 1. The molecule has 1 aromatic carbocycles. The molecule has 1 aliphatic heterocycles. The van der Waals surface area contributed by atoms with Gasteiger partial charge in [0.15, 0.2) is 0 Å². The van der Waals surface area contributed by atoms with Crippen LogP contribution in [0.4, 0.5) is 11.5 Å². The smallest absolute Gasteiger partial charge is 0.278 e. The van der Waals surface area contributed by atoms with E-state index in [1.807, 2.05) is 41.8 Å². The molecular formula is C23H27N7O. The summed E-state index contributed by atoms with van der Waals surface area (Å²) in [6.07, 6.45) is 5.40. The molecule has 4 heterocycles. The lowest BCUT2D eigenvalue weighted by Gasteiger charge is -2.33. The quantitative estimate of drug-likeness (QED) is 0.528. The van der Waals surface area contributed by atoms with E-state index in [1.54, 1.807) is 17.1 Å². The molecule has 160 valence electrons. The predicted octanol–water partition coefficient (Wildman–Crippen LogP) is 2.32. The number of nitrogen functional groups attached to an aromatic ring is 1. The molecule has 0 bridgehead atoms. The minimum Gasteiger partial charge on any atom is -0.394 e. The molecular weight excluding hydrogens is 390 g/mol. The van der Waals surface area contributed by atoms with Gasteiger partial charge in [-0.05, 0) is 37.5 Å². The van der Waals surface area contributed by atoms with Gasteiger partial charge in [-0.3, -0.25) is 14.3 Å². The summed E-state index contributed by atoms with van der Waals surface area (Å²) in [5, 5.41) is 1.03. The van der Waals surface area contributed by atoms with Gasteiger partial charge < -0.3 is 20.9 Å². The topological polar surface area (TPSA) is 108 Å². The van der Waals surface area contributed by atoms with E-state index in [9.17, 15) is 4.79 Å². The molecule has 1 atom stereocenters. The fraction of sp³-hybridized carbons (Fsp3) is 0.348. The summed E-state index contributed by atoms with van der Waals surface area (Å²) in [7, 11) is 0. The molecule has 8 nitrogen and oxygen atoms in total. The van der Waals surface area contributed by atoms with Crippen LogP contribution in [0.5, 0.6) is 0 Å². The van der Waals surface area contributed by atoms with Gasteiger partial charge in [0.2, 0.25) is 0 Å². The number of nitrogens with zero attached hydrogens (tertiary/aromatic N) is 5. The van der Waals surface area contributed by atoms with Crippen molar-refractivity contribution >= 4 is 33.4 Å². The van der Waals surface area contributed by atoms with Gasteiger partial charge in [-0.25, -0.2) is 4.98 Å². The van der Waals surface area contributed by atoms with Gasteiger partial charge in [0.1, 0.15) is 22.5 Å². The fourth-order valence-corrected chi connectivity index (χ4v) is 4.72. The van der Waals surface area contributed by atoms with Crippen LogP contribution < -0.4 is 21.9 Å². The lowest BCUT2D eigenvalue weighted by molar-refractivity contribution is 0.498. The van der Waals surface area contributed by atoms with Crippen molar-refractivity contribution in [3.8, 4) is 0 Å². The molecule has 0 radical (unpaired) electrons. The first-order chi connectivity index (χ1) is 15.1. The Morgan fingerprint density at radius 1 is 1.19 bits per heavy atom. The summed E-state index contributed by atoms with van der Waals surface area (Å²) in [5.74, 6) is 0.865. The predicted molar refractivity (Wildman–Crippen MR) is 124 cm³/mol. The molecule has 8 heteroatoms. The van der Waals surface area contributed by atoms with E-state index in [1.165, 1.54) is 0 Å². The Labute approximate surface area is 180 Å². The average Bonchev–Trinajstić information content (AvgIpc) is 3.08. The monoisotopic (exact) mass is 417 g/mol. The first kappa shape index (κ1) is 19.6. The Bertz CT molecular complexity index is 1320.